The normalized spacial score (nSPS) is 24.9. The van der Waals surface area contributed by atoms with E-state index in [0.717, 1.165) is 19.6 Å². The van der Waals surface area contributed by atoms with Crippen LogP contribution < -0.4 is 5.32 Å². The Morgan fingerprint density at radius 1 is 1.62 bits per heavy atom. The largest absolute Gasteiger partial charge is 0.313 e. The molecule has 0 aromatic carbocycles. The quantitative estimate of drug-likeness (QED) is 0.653. The lowest BCUT2D eigenvalue weighted by atomic mass is 10.1. The van der Waals surface area contributed by atoms with E-state index in [1.165, 1.54) is 11.3 Å². The molecule has 1 saturated heterocycles. The van der Waals surface area contributed by atoms with Gasteiger partial charge in [-0.05, 0) is 19.5 Å². The van der Waals surface area contributed by atoms with E-state index in [-0.39, 0.29) is 0 Å². The third kappa shape index (κ3) is 1.59. The summed E-state index contributed by atoms with van der Waals surface area (Å²) in [6.07, 6.45) is 1.89. The fourth-order valence-corrected chi connectivity index (χ4v) is 1.82. The molecule has 1 aliphatic rings. The van der Waals surface area contributed by atoms with Crippen molar-refractivity contribution in [2.24, 2.45) is 0 Å². The van der Waals surface area contributed by atoms with Gasteiger partial charge in [0.15, 0.2) is 0 Å². The minimum Gasteiger partial charge on any atom is -0.313 e. The molecule has 13 heavy (non-hydrogen) atoms. The number of hydrogen-bond acceptors (Lipinski definition) is 3. The summed E-state index contributed by atoms with van der Waals surface area (Å²) in [5, 5.41) is 10.5. The lowest BCUT2D eigenvalue weighted by molar-refractivity contribution is 0.198. The van der Waals surface area contributed by atoms with Crippen LogP contribution in [0.15, 0.2) is 6.20 Å². The molecule has 0 spiro atoms. The van der Waals surface area contributed by atoms with Crippen molar-refractivity contribution in [1.29, 1.82) is 0 Å². The van der Waals surface area contributed by atoms with Crippen LogP contribution in [0.3, 0.4) is 0 Å². The number of aromatic nitrogens is 2. The Kier molecular flexibility index (Phi) is 2.33. The minimum atomic E-state index is 0.455. The van der Waals surface area contributed by atoms with Crippen molar-refractivity contribution >= 4 is 0 Å². The lowest BCUT2D eigenvalue weighted by Crippen LogP contribution is -2.44. The first kappa shape index (κ1) is 8.72. The van der Waals surface area contributed by atoms with Gasteiger partial charge in [0, 0.05) is 19.6 Å². The van der Waals surface area contributed by atoms with E-state index in [1.54, 1.807) is 0 Å². The van der Waals surface area contributed by atoms with Crippen molar-refractivity contribution in [2.75, 3.05) is 26.7 Å². The Balaban J connectivity index is 2.19. The van der Waals surface area contributed by atoms with Gasteiger partial charge < -0.3 is 5.32 Å². The number of rotatable bonds is 1. The summed E-state index contributed by atoms with van der Waals surface area (Å²) in [5.41, 5.74) is 2.50. The maximum atomic E-state index is 4.05. The Morgan fingerprint density at radius 3 is 3.08 bits per heavy atom. The Morgan fingerprint density at radius 2 is 2.46 bits per heavy atom. The van der Waals surface area contributed by atoms with E-state index in [0.29, 0.717) is 6.04 Å². The summed E-state index contributed by atoms with van der Waals surface area (Å²) in [7, 11) is 2.16. The predicted octanol–water partition coefficient (Wildman–Crippen LogP) is 0.294. The van der Waals surface area contributed by atoms with Gasteiger partial charge in [0.25, 0.3) is 0 Å². The second-order valence-corrected chi connectivity index (χ2v) is 3.67. The van der Waals surface area contributed by atoms with Crippen molar-refractivity contribution < 1.29 is 0 Å². The van der Waals surface area contributed by atoms with Crippen LogP contribution in [0.25, 0.3) is 0 Å². The molecule has 0 saturated carbocycles. The molecule has 1 fully saturated rings. The number of likely N-dealkylation sites (N-methyl/N-ethyl adjacent to an activating group) is 1. The highest BCUT2D eigenvalue weighted by molar-refractivity contribution is 5.18. The first-order valence-corrected chi connectivity index (χ1v) is 4.70. The van der Waals surface area contributed by atoms with Gasteiger partial charge in [-0.3, -0.25) is 10.00 Å². The molecular weight excluding hydrogens is 164 g/mol. The van der Waals surface area contributed by atoms with Crippen LogP contribution in [-0.4, -0.2) is 41.8 Å². The lowest BCUT2D eigenvalue weighted by Gasteiger charge is -2.32. The summed E-state index contributed by atoms with van der Waals surface area (Å²) in [4.78, 5) is 2.36. The number of piperazine rings is 1. The molecule has 1 atom stereocenters. The van der Waals surface area contributed by atoms with E-state index in [2.05, 4.69) is 34.4 Å². The zero-order chi connectivity index (χ0) is 9.26. The molecule has 0 radical (unpaired) electrons. The SMILES string of the molecule is Cc1cn[nH]c1C1CNCCN1C. The molecule has 4 nitrogen and oxygen atoms in total. The van der Waals surface area contributed by atoms with Crippen LogP contribution in [0.2, 0.25) is 0 Å². The summed E-state index contributed by atoms with van der Waals surface area (Å²) in [6.45, 7) is 5.30. The van der Waals surface area contributed by atoms with Crippen LogP contribution >= 0.6 is 0 Å². The molecule has 2 N–H and O–H groups in total. The first-order chi connectivity index (χ1) is 6.29. The van der Waals surface area contributed by atoms with Gasteiger partial charge in [-0.1, -0.05) is 0 Å². The third-order valence-corrected chi connectivity index (χ3v) is 2.71. The number of aryl methyl sites for hydroxylation is 1. The van der Waals surface area contributed by atoms with Crippen molar-refractivity contribution in [3.8, 4) is 0 Å². The standard InChI is InChI=1S/C9H16N4/c1-7-5-11-12-9(7)8-6-10-3-4-13(8)2/h5,8,10H,3-4,6H2,1-2H3,(H,11,12). The second-order valence-electron chi connectivity index (χ2n) is 3.67. The molecule has 1 aromatic rings. The highest BCUT2D eigenvalue weighted by Crippen LogP contribution is 2.20. The van der Waals surface area contributed by atoms with Gasteiger partial charge in [0.1, 0.15) is 0 Å². The Hall–Kier alpha value is -0.870. The van der Waals surface area contributed by atoms with E-state index >= 15 is 0 Å². The summed E-state index contributed by atoms with van der Waals surface area (Å²) < 4.78 is 0. The van der Waals surface area contributed by atoms with Crippen molar-refractivity contribution in [2.45, 2.75) is 13.0 Å². The van der Waals surface area contributed by atoms with Gasteiger partial charge in [-0.25, -0.2) is 0 Å². The number of H-pyrrole nitrogens is 1. The highest BCUT2D eigenvalue weighted by Gasteiger charge is 2.22. The summed E-state index contributed by atoms with van der Waals surface area (Å²) in [6, 6.07) is 0.455. The monoisotopic (exact) mass is 180 g/mol. The van der Waals surface area contributed by atoms with Crippen LogP contribution in [0.5, 0.6) is 0 Å². The molecule has 2 rings (SSSR count). The van der Waals surface area contributed by atoms with Crippen LogP contribution in [0, 0.1) is 6.92 Å². The topological polar surface area (TPSA) is 44.0 Å². The molecule has 72 valence electrons. The third-order valence-electron chi connectivity index (χ3n) is 2.71. The molecular formula is C9H16N4. The molecule has 1 unspecified atom stereocenters. The average molecular weight is 180 g/mol. The van der Waals surface area contributed by atoms with Crippen molar-refractivity contribution in [3.05, 3.63) is 17.5 Å². The van der Waals surface area contributed by atoms with Gasteiger partial charge in [0.05, 0.1) is 17.9 Å². The van der Waals surface area contributed by atoms with Crippen LogP contribution in [0.4, 0.5) is 0 Å². The molecule has 4 heteroatoms. The Bertz CT molecular complexity index is 281. The van der Waals surface area contributed by atoms with Gasteiger partial charge in [0.2, 0.25) is 0 Å². The van der Waals surface area contributed by atoms with E-state index in [4.69, 9.17) is 0 Å². The van der Waals surface area contributed by atoms with E-state index in [1.807, 2.05) is 6.20 Å². The van der Waals surface area contributed by atoms with Crippen molar-refractivity contribution in [1.82, 2.24) is 20.4 Å². The molecule has 1 aliphatic heterocycles. The first-order valence-electron chi connectivity index (χ1n) is 4.70. The van der Waals surface area contributed by atoms with Crippen LogP contribution in [0.1, 0.15) is 17.3 Å². The molecule has 0 aliphatic carbocycles. The maximum Gasteiger partial charge on any atom is 0.0641 e. The fourth-order valence-electron chi connectivity index (χ4n) is 1.82. The molecule has 0 bridgehead atoms. The molecule has 2 heterocycles. The van der Waals surface area contributed by atoms with Gasteiger partial charge in [-0.2, -0.15) is 5.10 Å². The van der Waals surface area contributed by atoms with E-state index < -0.39 is 0 Å². The smallest absolute Gasteiger partial charge is 0.0641 e. The van der Waals surface area contributed by atoms with Gasteiger partial charge in [-0.15, -0.1) is 0 Å². The highest BCUT2D eigenvalue weighted by atomic mass is 15.2. The van der Waals surface area contributed by atoms with Crippen molar-refractivity contribution in [3.63, 3.8) is 0 Å². The zero-order valence-corrected chi connectivity index (χ0v) is 8.17. The average Bonchev–Trinajstić information content (AvgIpc) is 2.52. The van der Waals surface area contributed by atoms with Gasteiger partial charge >= 0.3 is 0 Å². The molecule has 1 aromatic heterocycles. The number of hydrogen-bond donors (Lipinski definition) is 2. The minimum absolute atomic E-state index is 0.455. The van der Waals surface area contributed by atoms with Crippen LogP contribution in [-0.2, 0) is 0 Å². The second kappa shape index (κ2) is 3.47. The number of nitrogens with zero attached hydrogens (tertiary/aromatic N) is 2. The Labute approximate surface area is 78.3 Å². The summed E-state index contributed by atoms with van der Waals surface area (Å²) in [5.74, 6) is 0. The predicted molar refractivity (Wildman–Crippen MR) is 51.6 cm³/mol. The van der Waals surface area contributed by atoms with E-state index in [9.17, 15) is 0 Å². The molecule has 0 amide bonds. The summed E-state index contributed by atoms with van der Waals surface area (Å²) >= 11 is 0. The fraction of sp³-hybridized carbons (Fsp3) is 0.667. The zero-order valence-electron chi connectivity index (χ0n) is 8.17. The number of nitrogens with one attached hydrogen (secondary N) is 2. The maximum absolute atomic E-state index is 4.05. The number of aromatic amines is 1.